The predicted molar refractivity (Wildman–Crippen MR) is 79.5 cm³/mol. The zero-order valence-corrected chi connectivity index (χ0v) is 12.9. The van der Waals surface area contributed by atoms with E-state index in [9.17, 15) is 4.39 Å². The molecule has 0 heterocycles. The molecule has 19 heavy (non-hydrogen) atoms. The minimum Gasteiger partial charge on any atom is -0.310 e. The monoisotopic (exact) mass is 325 g/mol. The molecule has 0 aliphatic heterocycles. The maximum Gasteiger partial charge on any atom is 0.137 e. The number of halogens is 2. The van der Waals surface area contributed by atoms with Crippen molar-refractivity contribution in [1.29, 1.82) is 0 Å². The normalized spacial score (nSPS) is 30.2. The van der Waals surface area contributed by atoms with Crippen molar-refractivity contribution in [3.63, 3.8) is 0 Å². The molecule has 1 aromatic carbocycles. The molecule has 0 spiro atoms. The molecule has 3 rings (SSSR count). The van der Waals surface area contributed by atoms with Crippen LogP contribution in [0.2, 0.25) is 0 Å². The Kier molecular flexibility index (Phi) is 3.95. The number of rotatable bonds is 5. The molecule has 1 nitrogen and oxygen atoms in total. The van der Waals surface area contributed by atoms with E-state index in [2.05, 4.69) is 28.2 Å². The Morgan fingerprint density at radius 2 is 2.05 bits per heavy atom. The van der Waals surface area contributed by atoms with Gasteiger partial charge < -0.3 is 5.32 Å². The van der Waals surface area contributed by atoms with E-state index in [4.69, 9.17) is 0 Å². The highest BCUT2D eigenvalue weighted by molar-refractivity contribution is 9.10. The third-order valence-electron chi connectivity index (χ3n) is 4.67. The molecule has 1 N–H and O–H groups in total. The first-order chi connectivity index (χ1) is 9.19. The van der Waals surface area contributed by atoms with E-state index in [1.807, 2.05) is 12.1 Å². The van der Waals surface area contributed by atoms with Crippen molar-refractivity contribution in [2.24, 2.45) is 17.8 Å². The minimum atomic E-state index is -0.174. The Hall–Kier alpha value is -0.410. The Bertz CT molecular complexity index is 452. The van der Waals surface area contributed by atoms with Gasteiger partial charge in [0.25, 0.3) is 0 Å². The summed E-state index contributed by atoms with van der Waals surface area (Å²) in [7, 11) is 0. The summed E-state index contributed by atoms with van der Waals surface area (Å²) >= 11 is 3.31. The van der Waals surface area contributed by atoms with Crippen molar-refractivity contribution in [2.45, 2.75) is 38.6 Å². The average Bonchev–Trinajstić information content (AvgIpc) is 3.01. The number of nitrogens with one attached hydrogen (secondary N) is 1. The molecule has 0 bridgehead atoms. The summed E-state index contributed by atoms with van der Waals surface area (Å²) in [5.41, 5.74) is 1.23. The summed E-state index contributed by atoms with van der Waals surface area (Å²) < 4.78 is 14.0. The second kappa shape index (κ2) is 5.53. The van der Waals surface area contributed by atoms with Gasteiger partial charge in [0.2, 0.25) is 0 Å². The van der Waals surface area contributed by atoms with Crippen molar-refractivity contribution < 1.29 is 4.39 Å². The third kappa shape index (κ3) is 2.87. The molecule has 0 aromatic heterocycles. The largest absolute Gasteiger partial charge is 0.310 e. The van der Waals surface area contributed by atoms with E-state index in [1.54, 1.807) is 6.07 Å². The Balaban J connectivity index is 1.78. The van der Waals surface area contributed by atoms with Gasteiger partial charge in [-0.3, -0.25) is 0 Å². The van der Waals surface area contributed by atoms with Crippen LogP contribution in [0.5, 0.6) is 0 Å². The van der Waals surface area contributed by atoms with Crippen molar-refractivity contribution >= 4 is 15.9 Å². The summed E-state index contributed by atoms with van der Waals surface area (Å²) in [4.78, 5) is 0. The van der Waals surface area contributed by atoms with Crippen LogP contribution in [0.15, 0.2) is 22.7 Å². The van der Waals surface area contributed by atoms with Crippen molar-refractivity contribution in [3.05, 3.63) is 34.1 Å². The highest BCUT2D eigenvalue weighted by atomic mass is 79.9. The topological polar surface area (TPSA) is 12.0 Å². The number of benzene rings is 1. The van der Waals surface area contributed by atoms with E-state index in [0.29, 0.717) is 10.5 Å². The highest BCUT2D eigenvalue weighted by Gasteiger charge is 2.47. The van der Waals surface area contributed by atoms with Crippen molar-refractivity contribution in [1.82, 2.24) is 5.32 Å². The lowest BCUT2D eigenvalue weighted by atomic mass is 9.89. The fraction of sp³-hybridized carbons (Fsp3) is 0.625. The lowest BCUT2D eigenvalue weighted by molar-refractivity contribution is 0.341. The van der Waals surface area contributed by atoms with E-state index >= 15 is 0 Å². The fourth-order valence-electron chi connectivity index (χ4n) is 3.60. The molecule has 2 saturated carbocycles. The highest BCUT2D eigenvalue weighted by Crippen LogP contribution is 2.57. The molecule has 2 aliphatic carbocycles. The molecule has 1 aromatic rings. The minimum absolute atomic E-state index is 0.174. The van der Waals surface area contributed by atoms with Gasteiger partial charge in [-0.05, 0) is 83.6 Å². The first-order valence-corrected chi connectivity index (χ1v) is 8.16. The SMILES string of the molecule is CCCNC(c1ccc(F)c(Br)c1)C1CC2CC2C1. The summed E-state index contributed by atoms with van der Waals surface area (Å²) in [6.07, 6.45) is 5.28. The van der Waals surface area contributed by atoms with Crippen LogP contribution in [0.1, 0.15) is 44.2 Å². The summed E-state index contributed by atoms with van der Waals surface area (Å²) in [5, 5.41) is 3.67. The van der Waals surface area contributed by atoms with Crippen LogP contribution < -0.4 is 5.32 Å². The molecular formula is C16H21BrFN. The van der Waals surface area contributed by atoms with Crippen LogP contribution in [0, 0.1) is 23.6 Å². The second-order valence-corrected chi connectivity index (χ2v) is 6.95. The van der Waals surface area contributed by atoms with Crippen LogP contribution in [0.3, 0.4) is 0 Å². The number of hydrogen-bond acceptors (Lipinski definition) is 1. The van der Waals surface area contributed by atoms with Crippen LogP contribution in [-0.2, 0) is 0 Å². The van der Waals surface area contributed by atoms with E-state index in [0.717, 1.165) is 30.7 Å². The molecule has 2 aliphatic rings. The predicted octanol–water partition coefficient (Wildman–Crippen LogP) is 4.68. The lowest BCUT2D eigenvalue weighted by Crippen LogP contribution is -2.28. The molecule has 104 valence electrons. The Labute approximate surface area is 123 Å². The Morgan fingerprint density at radius 1 is 1.32 bits per heavy atom. The van der Waals surface area contributed by atoms with Gasteiger partial charge in [-0.25, -0.2) is 4.39 Å². The average molecular weight is 326 g/mol. The maximum absolute atomic E-state index is 13.4. The zero-order chi connectivity index (χ0) is 13.4. The van der Waals surface area contributed by atoms with E-state index < -0.39 is 0 Å². The summed E-state index contributed by atoms with van der Waals surface area (Å²) in [6, 6.07) is 5.87. The number of fused-ring (bicyclic) bond motifs is 1. The van der Waals surface area contributed by atoms with Gasteiger partial charge >= 0.3 is 0 Å². The van der Waals surface area contributed by atoms with Crippen LogP contribution >= 0.6 is 15.9 Å². The second-order valence-electron chi connectivity index (χ2n) is 6.09. The molecule has 3 heteroatoms. The van der Waals surface area contributed by atoms with Gasteiger partial charge in [0.15, 0.2) is 0 Å². The summed E-state index contributed by atoms with van der Waals surface area (Å²) in [6.45, 7) is 3.22. The van der Waals surface area contributed by atoms with Gasteiger partial charge in [0.1, 0.15) is 5.82 Å². The van der Waals surface area contributed by atoms with Gasteiger partial charge in [-0.1, -0.05) is 13.0 Å². The molecule has 0 amide bonds. The van der Waals surface area contributed by atoms with Crippen LogP contribution in [0.25, 0.3) is 0 Å². The molecule has 2 fully saturated rings. The first kappa shape index (κ1) is 13.6. The van der Waals surface area contributed by atoms with Crippen LogP contribution in [-0.4, -0.2) is 6.54 Å². The molecule has 0 saturated heterocycles. The third-order valence-corrected chi connectivity index (χ3v) is 5.28. The van der Waals surface area contributed by atoms with Gasteiger partial charge in [0, 0.05) is 6.04 Å². The fourth-order valence-corrected chi connectivity index (χ4v) is 3.99. The van der Waals surface area contributed by atoms with Crippen LogP contribution in [0.4, 0.5) is 4.39 Å². The lowest BCUT2D eigenvalue weighted by Gasteiger charge is -2.27. The molecule has 0 radical (unpaired) electrons. The smallest absolute Gasteiger partial charge is 0.137 e. The zero-order valence-electron chi connectivity index (χ0n) is 11.3. The van der Waals surface area contributed by atoms with Crippen molar-refractivity contribution in [2.75, 3.05) is 6.54 Å². The van der Waals surface area contributed by atoms with Gasteiger partial charge in [0.05, 0.1) is 4.47 Å². The maximum atomic E-state index is 13.4. The van der Waals surface area contributed by atoms with E-state index in [-0.39, 0.29) is 5.82 Å². The quantitative estimate of drug-likeness (QED) is 0.829. The molecule has 3 unspecified atom stereocenters. The molecule has 3 atom stereocenters. The van der Waals surface area contributed by atoms with Crippen molar-refractivity contribution in [3.8, 4) is 0 Å². The van der Waals surface area contributed by atoms with Gasteiger partial charge in [-0.15, -0.1) is 0 Å². The van der Waals surface area contributed by atoms with Gasteiger partial charge in [-0.2, -0.15) is 0 Å². The number of hydrogen-bond donors (Lipinski definition) is 1. The van der Waals surface area contributed by atoms with E-state index in [1.165, 1.54) is 24.8 Å². The summed E-state index contributed by atoms with van der Waals surface area (Å²) in [5.74, 6) is 2.53. The molecular weight excluding hydrogens is 305 g/mol. The Morgan fingerprint density at radius 3 is 2.68 bits per heavy atom. The standard InChI is InChI=1S/C16H21BrFN/c1-2-5-19-16(13-7-11-6-12(11)8-13)10-3-4-15(18)14(17)9-10/h3-4,9,11-13,16,19H,2,5-8H2,1H3. The first-order valence-electron chi connectivity index (χ1n) is 7.37.